The van der Waals surface area contributed by atoms with Crippen molar-refractivity contribution >= 4 is 12.8 Å². The Morgan fingerprint density at radius 1 is 1.10 bits per heavy atom. The van der Waals surface area contributed by atoms with Gasteiger partial charge in [-0.2, -0.15) is 0 Å². The Bertz CT molecular complexity index is 416. The Kier molecular flexibility index (Phi) is 5.39. The average molecular weight is 277 g/mol. The first-order chi connectivity index (χ1) is 9.10. The van der Waals surface area contributed by atoms with Crippen LogP contribution in [0.4, 0.5) is 0 Å². The highest BCUT2D eigenvalue weighted by Gasteiger charge is 2.50. The molecule has 0 unspecified atom stereocenters. The molecule has 1 saturated heterocycles. The van der Waals surface area contributed by atoms with Crippen molar-refractivity contribution in [3.8, 4) is 0 Å². The zero-order valence-electron chi connectivity index (χ0n) is 14.0. The molecule has 3 nitrogen and oxygen atoms in total. The van der Waals surface area contributed by atoms with Crippen LogP contribution in [-0.4, -0.2) is 24.0 Å². The lowest BCUT2D eigenvalue weighted by atomic mass is 9.87. The van der Waals surface area contributed by atoms with Crippen LogP contribution in [0.15, 0.2) is 23.2 Å². The Morgan fingerprint density at radius 3 is 2.00 bits per heavy atom. The second-order valence-corrected chi connectivity index (χ2v) is 6.63. The number of nitrogens with one attached hydrogen (secondary N) is 1. The summed E-state index contributed by atoms with van der Waals surface area (Å²) in [6.07, 6.45) is 3.75. The summed E-state index contributed by atoms with van der Waals surface area (Å²) in [5, 5.41) is 8.12. The number of hydrogen-bond donors (Lipinski definition) is 1. The molecule has 4 heteroatoms. The predicted molar refractivity (Wildman–Crippen MR) is 86.2 cm³/mol. The van der Waals surface area contributed by atoms with Gasteiger partial charge in [-0.05, 0) is 53.5 Å². The van der Waals surface area contributed by atoms with Crippen LogP contribution in [0.25, 0.3) is 0 Å². The normalized spacial score (nSPS) is 20.4. The maximum Gasteiger partial charge on any atom is 0.487 e. The first-order valence-corrected chi connectivity index (χ1v) is 7.40. The summed E-state index contributed by atoms with van der Waals surface area (Å²) in [7, 11) is -0.344. The van der Waals surface area contributed by atoms with E-state index in [1.165, 1.54) is 0 Å². The highest BCUT2D eigenvalue weighted by molar-refractivity contribution is 6.51. The zero-order chi connectivity index (χ0) is 15.6. The second kappa shape index (κ2) is 6.27. The van der Waals surface area contributed by atoms with Gasteiger partial charge < -0.3 is 14.7 Å². The van der Waals surface area contributed by atoms with Crippen LogP contribution in [0.3, 0.4) is 0 Å². The molecule has 1 rings (SSSR count). The Hall–Kier alpha value is -0.865. The van der Waals surface area contributed by atoms with Gasteiger partial charge >= 0.3 is 7.12 Å². The average Bonchev–Trinajstić information content (AvgIpc) is 2.47. The topological polar surface area (TPSA) is 42.3 Å². The third kappa shape index (κ3) is 3.83. The summed E-state index contributed by atoms with van der Waals surface area (Å²) in [4.78, 5) is 0. The minimum Gasteiger partial charge on any atom is -0.400 e. The second-order valence-electron chi connectivity index (χ2n) is 6.63. The predicted octanol–water partition coefficient (Wildman–Crippen LogP) is 4.33. The molecule has 0 aliphatic carbocycles. The van der Waals surface area contributed by atoms with E-state index in [1.807, 2.05) is 53.6 Å². The maximum absolute atomic E-state index is 8.12. The van der Waals surface area contributed by atoms with E-state index in [1.54, 1.807) is 0 Å². The lowest BCUT2D eigenvalue weighted by molar-refractivity contribution is 0.00578. The van der Waals surface area contributed by atoms with Crippen molar-refractivity contribution in [3.63, 3.8) is 0 Å². The van der Waals surface area contributed by atoms with E-state index in [-0.39, 0.29) is 18.3 Å². The van der Waals surface area contributed by atoms with Gasteiger partial charge in [-0.15, -0.1) is 0 Å². The summed E-state index contributed by atoms with van der Waals surface area (Å²) >= 11 is 0. The molecular weight excluding hydrogens is 249 g/mol. The Morgan fingerprint density at radius 2 is 1.60 bits per heavy atom. The Balaban J connectivity index is 2.83. The minimum atomic E-state index is -0.344. The summed E-state index contributed by atoms with van der Waals surface area (Å²) in [6.45, 7) is 14.3. The quantitative estimate of drug-likeness (QED) is 0.461. The molecule has 1 aliphatic rings. The standard InChI is InChI=1S/C16H28BNO2/c1-8-9-14(18)13(12(2)3)10-11-17-19-15(4,5)16(6,7)20-17/h10-11,18H,8-9H2,1-7H3/b11-10+,18-14?. The molecule has 0 saturated carbocycles. The highest BCUT2D eigenvalue weighted by atomic mass is 16.7. The third-order valence-electron chi connectivity index (χ3n) is 4.06. The van der Waals surface area contributed by atoms with E-state index in [4.69, 9.17) is 14.7 Å². The van der Waals surface area contributed by atoms with Crippen LogP contribution in [-0.2, 0) is 9.31 Å². The van der Waals surface area contributed by atoms with Crippen molar-refractivity contribution in [2.45, 2.75) is 72.5 Å². The summed E-state index contributed by atoms with van der Waals surface area (Å²) in [6, 6.07) is 0. The van der Waals surface area contributed by atoms with E-state index < -0.39 is 0 Å². The first kappa shape index (κ1) is 17.2. The van der Waals surface area contributed by atoms with Crippen molar-refractivity contribution in [1.29, 1.82) is 5.41 Å². The van der Waals surface area contributed by atoms with Gasteiger partial charge in [0.25, 0.3) is 0 Å². The molecule has 0 aromatic carbocycles. The van der Waals surface area contributed by atoms with Crippen LogP contribution in [0.1, 0.15) is 61.3 Å². The fraction of sp³-hybridized carbons (Fsp3) is 0.688. The van der Waals surface area contributed by atoms with E-state index in [2.05, 4.69) is 6.92 Å². The van der Waals surface area contributed by atoms with E-state index in [0.29, 0.717) is 5.71 Å². The number of rotatable bonds is 5. The number of hydrogen-bond acceptors (Lipinski definition) is 3. The van der Waals surface area contributed by atoms with E-state index in [9.17, 15) is 0 Å². The van der Waals surface area contributed by atoms with Gasteiger partial charge in [0.15, 0.2) is 0 Å². The van der Waals surface area contributed by atoms with Crippen molar-refractivity contribution in [2.24, 2.45) is 0 Å². The molecule has 1 fully saturated rings. The molecule has 20 heavy (non-hydrogen) atoms. The van der Waals surface area contributed by atoms with Crippen molar-refractivity contribution < 1.29 is 9.31 Å². The molecule has 0 bridgehead atoms. The van der Waals surface area contributed by atoms with Gasteiger partial charge in [0, 0.05) is 5.71 Å². The molecule has 112 valence electrons. The van der Waals surface area contributed by atoms with Crippen molar-refractivity contribution in [2.75, 3.05) is 0 Å². The molecule has 0 spiro atoms. The largest absolute Gasteiger partial charge is 0.487 e. The molecule has 0 aromatic rings. The molecule has 1 heterocycles. The fourth-order valence-electron chi connectivity index (χ4n) is 2.10. The Labute approximate surface area is 124 Å². The van der Waals surface area contributed by atoms with Gasteiger partial charge in [0.2, 0.25) is 0 Å². The van der Waals surface area contributed by atoms with E-state index in [0.717, 1.165) is 24.0 Å². The van der Waals surface area contributed by atoms with Gasteiger partial charge in [-0.3, -0.25) is 0 Å². The minimum absolute atomic E-state index is 0.315. The smallest absolute Gasteiger partial charge is 0.400 e. The third-order valence-corrected chi connectivity index (χ3v) is 4.06. The molecular formula is C16H28BNO2. The van der Waals surface area contributed by atoms with Crippen LogP contribution >= 0.6 is 0 Å². The van der Waals surface area contributed by atoms with Gasteiger partial charge in [0.1, 0.15) is 0 Å². The van der Waals surface area contributed by atoms with Gasteiger partial charge in [-0.1, -0.05) is 31.0 Å². The van der Waals surface area contributed by atoms with Gasteiger partial charge in [-0.25, -0.2) is 0 Å². The lowest BCUT2D eigenvalue weighted by Gasteiger charge is -2.32. The lowest BCUT2D eigenvalue weighted by Crippen LogP contribution is -2.41. The van der Waals surface area contributed by atoms with Crippen LogP contribution < -0.4 is 0 Å². The molecule has 0 amide bonds. The molecule has 0 atom stereocenters. The summed E-state index contributed by atoms with van der Waals surface area (Å²) in [5.41, 5.74) is 2.19. The monoisotopic (exact) mass is 277 g/mol. The maximum atomic E-state index is 8.12. The van der Waals surface area contributed by atoms with Crippen molar-refractivity contribution in [3.05, 3.63) is 23.2 Å². The van der Waals surface area contributed by atoms with Crippen molar-refractivity contribution in [1.82, 2.24) is 0 Å². The van der Waals surface area contributed by atoms with Crippen LogP contribution in [0, 0.1) is 5.41 Å². The highest BCUT2D eigenvalue weighted by Crippen LogP contribution is 2.37. The molecule has 1 N–H and O–H groups in total. The molecule has 1 aliphatic heterocycles. The van der Waals surface area contributed by atoms with Crippen LogP contribution in [0.5, 0.6) is 0 Å². The van der Waals surface area contributed by atoms with Crippen LogP contribution in [0.2, 0.25) is 0 Å². The molecule has 0 radical (unpaired) electrons. The first-order valence-electron chi connectivity index (χ1n) is 7.40. The number of allylic oxidation sites excluding steroid dienone is 3. The zero-order valence-corrected chi connectivity index (χ0v) is 14.0. The summed E-state index contributed by atoms with van der Waals surface area (Å²) < 4.78 is 11.9. The van der Waals surface area contributed by atoms with Gasteiger partial charge in [0.05, 0.1) is 11.2 Å². The SMILES string of the molecule is CCCC(=N)C(/C=C/B1OC(C)(C)C(C)(C)O1)=C(C)C. The summed E-state index contributed by atoms with van der Waals surface area (Å²) in [5.74, 6) is 1.92. The molecule has 0 aromatic heterocycles. The fourth-order valence-corrected chi connectivity index (χ4v) is 2.10. The van der Waals surface area contributed by atoms with E-state index >= 15 is 0 Å².